The molecule has 0 spiro atoms. The summed E-state index contributed by atoms with van der Waals surface area (Å²) in [5.41, 5.74) is 1.96. The van der Waals surface area contributed by atoms with E-state index >= 15 is 0 Å². The third kappa shape index (κ3) is 4.66. The number of likely N-dealkylation sites (tertiary alicyclic amines) is 1. The Bertz CT molecular complexity index is 1000. The van der Waals surface area contributed by atoms with Crippen LogP contribution in [0.15, 0.2) is 4.52 Å². The fraction of sp³-hybridized carbons (Fsp3) is 0.652. The third-order valence-electron chi connectivity index (χ3n) is 6.15. The van der Waals surface area contributed by atoms with Crippen molar-refractivity contribution >= 4 is 17.6 Å². The zero-order valence-electron chi connectivity index (χ0n) is 19.4. The molecule has 2 aromatic rings. The van der Waals surface area contributed by atoms with Crippen LogP contribution in [0.3, 0.4) is 0 Å². The van der Waals surface area contributed by atoms with Gasteiger partial charge in [0.25, 0.3) is 0 Å². The van der Waals surface area contributed by atoms with Gasteiger partial charge in [-0.15, -0.1) is 0 Å². The highest BCUT2D eigenvalue weighted by molar-refractivity contribution is 5.95. The van der Waals surface area contributed by atoms with Gasteiger partial charge < -0.3 is 9.42 Å². The van der Waals surface area contributed by atoms with Crippen molar-refractivity contribution in [1.29, 1.82) is 0 Å². The van der Waals surface area contributed by atoms with Crippen LogP contribution in [0, 0.1) is 19.8 Å². The minimum absolute atomic E-state index is 0.0413. The van der Waals surface area contributed by atoms with E-state index in [0.717, 1.165) is 36.3 Å². The summed E-state index contributed by atoms with van der Waals surface area (Å²) < 4.78 is 5.15. The number of hydrogen-bond donors (Lipinski definition) is 0. The lowest BCUT2D eigenvalue weighted by molar-refractivity contribution is -0.135. The Kier molecular flexibility index (Phi) is 6.53. The summed E-state index contributed by atoms with van der Waals surface area (Å²) in [6, 6.07) is -0.178. The number of fused-ring (bicyclic) bond motifs is 1. The minimum atomic E-state index is -0.178. The Morgan fingerprint density at radius 2 is 1.97 bits per heavy atom. The van der Waals surface area contributed by atoms with Gasteiger partial charge in [-0.3, -0.25) is 14.5 Å². The largest absolute Gasteiger partial charge is 0.339 e. The van der Waals surface area contributed by atoms with Crippen molar-refractivity contribution < 1.29 is 14.1 Å². The number of nitrogens with zero attached hydrogens (tertiary/aromatic N) is 6. The Labute approximate surface area is 188 Å². The van der Waals surface area contributed by atoms with E-state index in [4.69, 9.17) is 14.5 Å². The molecule has 0 bridgehead atoms. The molecular formula is C23H32N6O3. The quantitative estimate of drug-likeness (QED) is 0.679. The Morgan fingerprint density at radius 3 is 2.69 bits per heavy atom. The Hall–Kier alpha value is -2.84. The topological polar surface area (TPSA) is 105 Å². The van der Waals surface area contributed by atoms with Crippen molar-refractivity contribution in [3.8, 4) is 0 Å². The van der Waals surface area contributed by atoms with Gasteiger partial charge >= 0.3 is 0 Å². The lowest BCUT2D eigenvalue weighted by Crippen LogP contribution is -2.41. The molecule has 9 heteroatoms. The van der Waals surface area contributed by atoms with Gasteiger partial charge in [-0.2, -0.15) is 4.98 Å². The molecular weight excluding hydrogens is 408 g/mol. The van der Waals surface area contributed by atoms with E-state index in [2.05, 4.69) is 24.0 Å². The van der Waals surface area contributed by atoms with Crippen LogP contribution in [0.4, 0.5) is 5.82 Å². The number of aryl methyl sites for hydroxylation is 3. The molecule has 172 valence electrons. The summed E-state index contributed by atoms with van der Waals surface area (Å²) in [6.07, 6.45) is 4.69. The molecule has 0 aromatic carbocycles. The van der Waals surface area contributed by atoms with Crippen molar-refractivity contribution in [1.82, 2.24) is 25.0 Å². The van der Waals surface area contributed by atoms with Crippen molar-refractivity contribution in [2.45, 2.75) is 78.7 Å². The first-order valence-electron chi connectivity index (χ1n) is 11.6. The molecule has 4 rings (SSSR count). The molecule has 2 aliphatic heterocycles. The van der Waals surface area contributed by atoms with E-state index in [0.29, 0.717) is 62.2 Å². The van der Waals surface area contributed by atoms with Crippen LogP contribution in [0.2, 0.25) is 0 Å². The van der Waals surface area contributed by atoms with Gasteiger partial charge in [-0.25, -0.2) is 9.97 Å². The summed E-state index contributed by atoms with van der Waals surface area (Å²) in [5.74, 6) is 2.92. The molecule has 2 aromatic heterocycles. The zero-order valence-corrected chi connectivity index (χ0v) is 19.4. The normalized spacial score (nSPS) is 18.9. The maximum atomic E-state index is 13.1. The first kappa shape index (κ1) is 22.4. The van der Waals surface area contributed by atoms with E-state index in [1.54, 1.807) is 6.92 Å². The monoisotopic (exact) mass is 440 g/mol. The molecule has 32 heavy (non-hydrogen) atoms. The van der Waals surface area contributed by atoms with Gasteiger partial charge in [-0.05, 0) is 45.4 Å². The molecule has 9 nitrogen and oxygen atoms in total. The molecule has 1 atom stereocenters. The fourth-order valence-corrected chi connectivity index (χ4v) is 4.60. The standard InChI is InChI=1S/C23H32N6O3/c1-14(2)13-29-21(31)10-8-17-15(3)24-22(26-23(17)29)18-7-5-6-12-28(18)20(30)11-9-19-25-16(4)27-32-19/h14,18H,5-13H2,1-4H3/t18-/m1/s1. The SMILES string of the molecule is Cc1noc(CCC(=O)N2CCCC[C@@H]2c2nc(C)c3c(n2)N(CC(C)C)C(=O)CC3)n1. The van der Waals surface area contributed by atoms with Crippen molar-refractivity contribution in [3.63, 3.8) is 0 Å². The van der Waals surface area contributed by atoms with Gasteiger partial charge in [0, 0.05) is 43.6 Å². The third-order valence-corrected chi connectivity index (χ3v) is 6.15. The molecule has 0 aliphatic carbocycles. The summed E-state index contributed by atoms with van der Waals surface area (Å²) in [6.45, 7) is 9.27. The number of hydrogen-bond acceptors (Lipinski definition) is 7. The van der Waals surface area contributed by atoms with Crippen LogP contribution in [0.1, 0.15) is 80.8 Å². The van der Waals surface area contributed by atoms with Crippen LogP contribution >= 0.6 is 0 Å². The number of anilines is 1. The second-order valence-corrected chi connectivity index (χ2v) is 9.20. The van der Waals surface area contributed by atoms with E-state index < -0.39 is 0 Å². The van der Waals surface area contributed by atoms with Gasteiger partial charge in [0.05, 0.1) is 6.04 Å². The summed E-state index contributed by atoms with van der Waals surface area (Å²) in [4.78, 5) is 43.4. The number of carbonyl (C=O) groups excluding carboxylic acids is 2. The van der Waals surface area contributed by atoms with Crippen LogP contribution in [0.5, 0.6) is 0 Å². The molecule has 0 unspecified atom stereocenters. The molecule has 0 radical (unpaired) electrons. The predicted molar refractivity (Wildman–Crippen MR) is 118 cm³/mol. The molecule has 1 saturated heterocycles. The summed E-state index contributed by atoms with van der Waals surface area (Å²) in [5, 5.41) is 3.79. The highest BCUT2D eigenvalue weighted by Crippen LogP contribution is 2.34. The smallest absolute Gasteiger partial charge is 0.228 e. The molecule has 4 heterocycles. The maximum Gasteiger partial charge on any atom is 0.228 e. The molecule has 0 saturated carbocycles. The van der Waals surface area contributed by atoms with E-state index in [1.807, 2.05) is 16.7 Å². The highest BCUT2D eigenvalue weighted by Gasteiger charge is 2.34. The van der Waals surface area contributed by atoms with Crippen molar-refractivity contribution in [2.24, 2.45) is 5.92 Å². The zero-order chi connectivity index (χ0) is 22.8. The van der Waals surface area contributed by atoms with Crippen LogP contribution in [-0.2, 0) is 22.4 Å². The second kappa shape index (κ2) is 9.34. The maximum absolute atomic E-state index is 13.1. The molecule has 0 N–H and O–H groups in total. The van der Waals surface area contributed by atoms with E-state index in [1.165, 1.54) is 0 Å². The summed E-state index contributed by atoms with van der Waals surface area (Å²) >= 11 is 0. The van der Waals surface area contributed by atoms with Crippen LogP contribution in [0.25, 0.3) is 0 Å². The average Bonchev–Trinajstić information content (AvgIpc) is 3.19. The molecule has 2 amide bonds. The lowest BCUT2D eigenvalue weighted by Gasteiger charge is -2.36. The van der Waals surface area contributed by atoms with E-state index in [-0.39, 0.29) is 17.9 Å². The Balaban J connectivity index is 1.59. The van der Waals surface area contributed by atoms with Gasteiger partial charge in [0.15, 0.2) is 11.6 Å². The summed E-state index contributed by atoms with van der Waals surface area (Å²) in [7, 11) is 0. The van der Waals surface area contributed by atoms with Gasteiger partial charge in [0.1, 0.15) is 5.82 Å². The number of amides is 2. The van der Waals surface area contributed by atoms with E-state index in [9.17, 15) is 9.59 Å². The fourth-order valence-electron chi connectivity index (χ4n) is 4.60. The van der Waals surface area contributed by atoms with Gasteiger partial charge in [-0.1, -0.05) is 19.0 Å². The molecule has 2 aliphatic rings. The van der Waals surface area contributed by atoms with Crippen LogP contribution in [-0.4, -0.2) is 49.9 Å². The molecule has 1 fully saturated rings. The number of aromatic nitrogens is 4. The predicted octanol–water partition coefficient (Wildman–Crippen LogP) is 3.10. The average molecular weight is 441 g/mol. The minimum Gasteiger partial charge on any atom is -0.339 e. The van der Waals surface area contributed by atoms with Gasteiger partial charge in [0.2, 0.25) is 17.7 Å². The first-order chi connectivity index (χ1) is 15.3. The second-order valence-electron chi connectivity index (χ2n) is 9.20. The van der Waals surface area contributed by atoms with Crippen LogP contribution < -0.4 is 4.90 Å². The first-order valence-corrected chi connectivity index (χ1v) is 11.6. The Morgan fingerprint density at radius 1 is 1.16 bits per heavy atom. The number of rotatable bonds is 6. The van der Waals surface area contributed by atoms with Crippen molar-refractivity contribution in [2.75, 3.05) is 18.0 Å². The highest BCUT2D eigenvalue weighted by atomic mass is 16.5. The lowest BCUT2D eigenvalue weighted by atomic mass is 9.98. The number of carbonyl (C=O) groups is 2. The number of piperidine rings is 1. The van der Waals surface area contributed by atoms with Crippen molar-refractivity contribution in [3.05, 3.63) is 28.8 Å².